The molecule has 4 nitrogen and oxygen atoms in total. The molecule has 1 N–H and O–H groups in total. The average molecular weight is 363 g/mol. The number of nitrogens with one attached hydrogen (secondary N) is 1. The van der Waals surface area contributed by atoms with Crippen LogP contribution in [0.3, 0.4) is 0 Å². The van der Waals surface area contributed by atoms with Crippen LogP contribution in [0, 0.1) is 0 Å². The lowest BCUT2D eigenvalue weighted by molar-refractivity contribution is 0.480. The number of halogens is 2. The lowest BCUT2D eigenvalue weighted by Gasteiger charge is -2.26. The molecule has 1 aromatic heterocycles. The molecule has 1 heterocycles. The van der Waals surface area contributed by atoms with Crippen LogP contribution in [-0.2, 0) is 0 Å². The summed E-state index contributed by atoms with van der Waals surface area (Å²) in [5.74, 6) is 0.427. The standard InChI is InChI=1S/C11H18Cl2N4.C6H14/c1-4-5-6-7-11(2,3)17-10-15-8(12)14-9(13)16-10;1-3-5-6-4-2/h4-7H2,1-3H3,(H,14,15,16,17);3-6H2,1-2H3. The predicted octanol–water partition coefficient (Wildman–Crippen LogP) is 6.54. The molecule has 0 fully saturated rings. The zero-order chi connectivity index (χ0) is 17.7. The lowest BCUT2D eigenvalue weighted by Crippen LogP contribution is -2.31. The highest BCUT2D eigenvalue weighted by Crippen LogP contribution is 2.20. The maximum Gasteiger partial charge on any atom is 0.228 e. The number of anilines is 1. The van der Waals surface area contributed by atoms with Crippen molar-refractivity contribution in [2.24, 2.45) is 0 Å². The van der Waals surface area contributed by atoms with Crippen LogP contribution in [0.5, 0.6) is 0 Å². The summed E-state index contributed by atoms with van der Waals surface area (Å²) in [6, 6.07) is 0. The highest BCUT2D eigenvalue weighted by atomic mass is 35.5. The van der Waals surface area contributed by atoms with Crippen molar-refractivity contribution in [2.75, 3.05) is 5.32 Å². The second-order valence-electron chi connectivity index (χ2n) is 6.37. The fourth-order valence-electron chi connectivity index (χ4n) is 2.06. The Kier molecular flexibility index (Phi) is 12.4. The third kappa shape index (κ3) is 12.5. The van der Waals surface area contributed by atoms with E-state index in [1.54, 1.807) is 0 Å². The normalized spacial score (nSPS) is 10.9. The van der Waals surface area contributed by atoms with E-state index < -0.39 is 0 Å². The fourth-order valence-corrected chi connectivity index (χ4v) is 2.43. The van der Waals surface area contributed by atoms with Crippen molar-refractivity contribution in [3.63, 3.8) is 0 Å². The van der Waals surface area contributed by atoms with Crippen LogP contribution >= 0.6 is 23.2 Å². The van der Waals surface area contributed by atoms with Gasteiger partial charge in [0.2, 0.25) is 16.5 Å². The Morgan fingerprint density at radius 2 is 1.22 bits per heavy atom. The van der Waals surface area contributed by atoms with E-state index in [1.807, 2.05) is 0 Å². The largest absolute Gasteiger partial charge is 0.349 e. The summed E-state index contributed by atoms with van der Waals surface area (Å²) in [6.07, 6.45) is 10.2. The quantitative estimate of drug-likeness (QED) is 0.506. The van der Waals surface area contributed by atoms with E-state index in [9.17, 15) is 0 Å². The molecule has 0 bridgehead atoms. The Bertz CT molecular complexity index is 401. The van der Waals surface area contributed by atoms with E-state index in [2.05, 4.69) is 54.9 Å². The summed E-state index contributed by atoms with van der Waals surface area (Å²) in [5.41, 5.74) is -0.0802. The maximum absolute atomic E-state index is 5.72. The molecule has 0 atom stereocenters. The third-order valence-corrected chi connectivity index (χ3v) is 3.73. The van der Waals surface area contributed by atoms with Gasteiger partial charge in [-0.25, -0.2) is 0 Å². The zero-order valence-electron chi connectivity index (χ0n) is 15.3. The van der Waals surface area contributed by atoms with Crippen LogP contribution in [-0.4, -0.2) is 20.5 Å². The van der Waals surface area contributed by atoms with Gasteiger partial charge in [0.1, 0.15) is 0 Å². The Labute approximate surface area is 151 Å². The van der Waals surface area contributed by atoms with Crippen molar-refractivity contribution in [1.82, 2.24) is 15.0 Å². The molecule has 0 unspecified atom stereocenters. The molecule has 0 spiro atoms. The van der Waals surface area contributed by atoms with Gasteiger partial charge in [-0.1, -0.05) is 65.7 Å². The van der Waals surface area contributed by atoms with Crippen LogP contribution in [0.1, 0.15) is 86.0 Å². The molecular formula is C17H32Cl2N4. The zero-order valence-corrected chi connectivity index (χ0v) is 16.8. The van der Waals surface area contributed by atoms with E-state index in [0.717, 1.165) is 6.42 Å². The third-order valence-electron chi connectivity index (χ3n) is 3.39. The van der Waals surface area contributed by atoms with Crippen LogP contribution < -0.4 is 5.32 Å². The monoisotopic (exact) mass is 362 g/mol. The molecule has 23 heavy (non-hydrogen) atoms. The van der Waals surface area contributed by atoms with Gasteiger partial charge in [0.15, 0.2) is 0 Å². The number of hydrogen-bond acceptors (Lipinski definition) is 4. The summed E-state index contributed by atoms with van der Waals surface area (Å²) < 4.78 is 0. The molecule has 0 saturated carbocycles. The summed E-state index contributed by atoms with van der Waals surface area (Å²) in [5, 5.41) is 3.44. The molecule has 134 valence electrons. The summed E-state index contributed by atoms with van der Waals surface area (Å²) in [4.78, 5) is 11.7. The summed E-state index contributed by atoms with van der Waals surface area (Å²) >= 11 is 11.4. The molecule has 6 heteroatoms. The average Bonchev–Trinajstić information content (AvgIpc) is 2.44. The molecule has 0 radical (unpaired) electrons. The van der Waals surface area contributed by atoms with Gasteiger partial charge < -0.3 is 5.32 Å². The highest BCUT2D eigenvalue weighted by molar-refractivity contribution is 6.31. The van der Waals surface area contributed by atoms with Crippen molar-refractivity contribution in [1.29, 1.82) is 0 Å². The molecule has 1 rings (SSSR count). The van der Waals surface area contributed by atoms with Gasteiger partial charge in [0.05, 0.1) is 0 Å². The van der Waals surface area contributed by atoms with E-state index in [1.165, 1.54) is 44.9 Å². The van der Waals surface area contributed by atoms with Crippen molar-refractivity contribution in [3.8, 4) is 0 Å². The molecule has 1 aromatic rings. The van der Waals surface area contributed by atoms with Crippen molar-refractivity contribution in [2.45, 2.75) is 91.5 Å². The van der Waals surface area contributed by atoms with Gasteiger partial charge >= 0.3 is 0 Å². The minimum atomic E-state index is -0.0802. The van der Waals surface area contributed by atoms with Crippen LogP contribution in [0.15, 0.2) is 0 Å². The first-order valence-corrected chi connectivity index (χ1v) is 9.45. The number of unbranched alkanes of at least 4 members (excludes halogenated alkanes) is 5. The van der Waals surface area contributed by atoms with Gasteiger partial charge in [0.25, 0.3) is 0 Å². The SMILES string of the molecule is CCCCCC.CCCCCC(C)(C)Nc1nc(Cl)nc(Cl)n1. The fraction of sp³-hybridized carbons (Fsp3) is 0.824. The Balaban J connectivity index is 0.000000688. The van der Waals surface area contributed by atoms with Crippen LogP contribution in [0.4, 0.5) is 5.95 Å². The summed E-state index contributed by atoms with van der Waals surface area (Å²) in [7, 11) is 0. The highest BCUT2D eigenvalue weighted by Gasteiger charge is 2.18. The maximum atomic E-state index is 5.72. The molecule has 0 aliphatic carbocycles. The summed E-state index contributed by atoms with van der Waals surface area (Å²) in [6.45, 7) is 10.9. The molecular weight excluding hydrogens is 331 g/mol. The first-order chi connectivity index (χ1) is 10.8. The van der Waals surface area contributed by atoms with Crippen LogP contribution in [0.2, 0.25) is 10.6 Å². The van der Waals surface area contributed by atoms with Gasteiger partial charge in [-0.2, -0.15) is 15.0 Å². The first-order valence-electron chi connectivity index (χ1n) is 8.69. The van der Waals surface area contributed by atoms with E-state index >= 15 is 0 Å². The van der Waals surface area contributed by atoms with E-state index in [-0.39, 0.29) is 16.1 Å². The van der Waals surface area contributed by atoms with Crippen LogP contribution in [0.25, 0.3) is 0 Å². The van der Waals surface area contributed by atoms with Gasteiger partial charge in [-0.3, -0.25) is 0 Å². The topological polar surface area (TPSA) is 50.7 Å². The van der Waals surface area contributed by atoms with Gasteiger partial charge in [-0.15, -0.1) is 0 Å². The molecule has 0 aliphatic rings. The lowest BCUT2D eigenvalue weighted by atomic mass is 9.97. The van der Waals surface area contributed by atoms with E-state index in [0.29, 0.717) is 5.95 Å². The molecule has 0 saturated heterocycles. The second-order valence-corrected chi connectivity index (χ2v) is 7.05. The predicted molar refractivity (Wildman–Crippen MR) is 102 cm³/mol. The van der Waals surface area contributed by atoms with Crippen molar-refractivity contribution >= 4 is 29.2 Å². The smallest absolute Gasteiger partial charge is 0.228 e. The second kappa shape index (κ2) is 12.8. The molecule has 0 aliphatic heterocycles. The van der Waals surface area contributed by atoms with E-state index in [4.69, 9.17) is 23.2 Å². The Morgan fingerprint density at radius 3 is 1.65 bits per heavy atom. The number of hydrogen-bond donors (Lipinski definition) is 1. The first kappa shape index (κ1) is 22.4. The Morgan fingerprint density at radius 1 is 0.783 bits per heavy atom. The Hall–Kier alpha value is -0.610. The number of aromatic nitrogens is 3. The van der Waals surface area contributed by atoms with Crippen molar-refractivity contribution in [3.05, 3.63) is 10.6 Å². The van der Waals surface area contributed by atoms with Gasteiger partial charge in [0, 0.05) is 5.54 Å². The van der Waals surface area contributed by atoms with Gasteiger partial charge in [-0.05, 0) is 43.5 Å². The minimum absolute atomic E-state index is 0.0802. The number of nitrogens with zero attached hydrogens (tertiary/aromatic N) is 3. The molecule has 0 aromatic carbocycles. The minimum Gasteiger partial charge on any atom is -0.349 e. The van der Waals surface area contributed by atoms with Crippen molar-refractivity contribution < 1.29 is 0 Å². The number of rotatable bonds is 9. The molecule has 0 amide bonds.